The molecule has 1 aliphatic rings. The molecule has 1 N–H and O–H groups in total. The van der Waals surface area contributed by atoms with E-state index in [9.17, 15) is 5.11 Å². The first-order valence-electron chi connectivity index (χ1n) is 5.63. The maximum absolute atomic E-state index is 10.5. The summed E-state index contributed by atoms with van der Waals surface area (Å²) in [6, 6.07) is 20.2. The SMILES string of the molecule is O[C@]1(c2ccccc2)C[C@H]1c1ccccc1. The van der Waals surface area contributed by atoms with Gasteiger partial charge in [-0.05, 0) is 17.5 Å². The Bertz CT molecular complexity index is 477. The molecule has 1 heteroatoms. The Balaban J connectivity index is 1.90. The highest BCUT2D eigenvalue weighted by Gasteiger charge is 2.54. The molecule has 80 valence electrons. The predicted molar refractivity (Wildman–Crippen MR) is 64.1 cm³/mol. The molecule has 0 amide bonds. The molecule has 0 aromatic heterocycles. The van der Waals surface area contributed by atoms with E-state index in [0.717, 1.165) is 12.0 Å². The van der Waals surface area contributed by atoms with Gasteiger partial charge in [-0.25, -0.2) is 0 Å². The Kier molecular flexibility index (Phi) is 2.08. The summed E-state index contributed by atoms with van der Waals surface area (Å²) in [6.07, 6.45) is 0.834. The fourth-order valence-corrected chi connectivity index (χ4v) is 2.38. The lowest BCUT2D eigenvalue weighted by molar-refractivity contribution is 0.144. The maximum atomic E-state index is 10.5. The molecule has 0 saturated heterocycles. The van der Waals surface area contributed by atoms with Gasteiger partial charge >= 0.3 is 0 Å². The van der Waals surface area contributed by atoms with Gasteiger partial charge in [-0.3, -0.25) is 0 Å². The summed E-state index contributed by atoms with van der Waals surface area (Å²) in [5.74, 6) is 0.260. The first-order chi connectivity index (χ1) is 7.81. The molecule has 0 bridgehead atoms. The van der Waals surface area contributed by atoms with E-state index in [1.54, 1.807) is 0 Å². The van der Waals surface area contributed by atoms with Crippen molar-refractivity contribution in [2.75, 3.05) is 0 Å². The Morgan fingerprint density at radius 3 is 2.06 bits per heavy atom. The van der Waals surface area contributed by atoms with Crippen molar-refractivity contribution in [1.29, 1.82) is 0 Å². The lowest BCUT2D eigenvalue weighted by atomic mass is 10.0. The van der Waals surface area contributed by atoms with Crippen LogP contribution in [0.4, 0.5) is 0 Å². The molecule has 1 saturated carbocycles. The Hall–Kier alpha value is -1.60. The highest BCUT2D eigenvalue weighted by atomic mass is 16.3. The summed E-state index contributed by atoms with van der Waals surface area (Å²) in [5.41, 5.74) is 1.63. The highest BCUT2D eigenvalue weighted by Crippen LogP contribution is 2.58. The maximum Gasteiger partial charge on any atom is 0.0972 e. The van der Waals surface area contributed by atoms with Crippen molar-refractivity contribution in [3.8, 4) is 0 Å². The van der Waals surface area contributed by atoms with Crippen molar-refractivity contribution < 1.29 is 5.11 Å². The van der Waals surface area contributed by atoms with Gasteiger partial charge < -0.3 is 5.11 Å². The highest BCUT2D eigenvalue weighted by molar-refractivity contribution is 5.39. The second-order valence-corrected chi connectivity index (χ2v) is 4.46. The van der Waals surface area contributed by atoms with E-state index < -0.39 is 5.60 Å². The van der Waals surface area contributed by atoms with E-state index in [1.165, 1.54) is 5.56 Å². The first-order valence-corrected chi connectivity index (χ1v) is 5.63. The molecular formula is C15H14O. The van der Waals surface area contributed by atoms with Crippen molar-refractivity contribution in [1.82, 2.24) is 0 Å². The summed E-state index contributed by atoms with van der Waals surface area (Å²) in [5, 5.41) is 10.5. The molecule has 0 radical (unpaired) electrons. The smallest absolute Gasteiger partial charge is 0.0972 e. The van der Waals surface area contributed by atoms with Crippen LogP contribution in [0.3, 0.4) is 0 Å². The zero-order valence-corrected chi connectivity index (χ0v) is 9.01. The molecular weight excluding hydrogens is 196 g/mol. The topological polar surface area (TPSA) is 20.2 Å². The number of rotatable bonds is 2. The van der Waals surface area contributed by atoms with Crippen molar-refractivity contribution in [3.63, 3.8) is 0 Å². The van der Waals surface area contributed by atoms with E-state index in [1.807, 2.05) is 48.5 Å². The Morgan fingerprint density at radius 2 is 1.44 bits per heavy atom. The molecule has 0 unspecified atom stereocenters. The summed E-state index contributed by atoms with van der Waals surface area (Å²) in [4.78, 5) is 0. The summed E-state index contributed by atoms with van der Waals surface area (Å²) in [7, 11) is 0. The monoisotopic (exact) mass is 210 g/mol. The molecule has 2 aromatic carbocycles. The largest absolute Gasteiger partial charge is 0.384 e. The van der Waals surface area contributed by atoms with Crippen LogP contribution in [0.1, 0.15) is 23.5 Å². The van der Waals surface area contributed by atoms with Crippen molar-refractivity contribution in [2.24, 2.45) is 0 Å². The van der Waals surface area contributed by atoms with Gasteiger partial charge in [0.25, 0.3) is 0 Å². The van der Waals surface area contributed by atoms with Gasteiger partial charge in [0.15, 0.2) is 0 Å². The van der Waals surface area contributed by atoms with Crippen LogP contribution in [0.2, 0.25) is 0 Å². The second-order valence-electron chi connectivity index (χ2n) is 4.46. The minimum Gasteiger partial charge on any atom is -0.384 e. The van der Waals surface area contributed by atoms with Crippen LogP contribution >= 0.6 is 0 Å². The molecule has 1 nitrogen and oxygen atoms in total. The summed E-state index contributed by atoms with van der Waals surface area (Å²) >= 11 is 0. The van der Waals surface area contributed by atoms with Crippen LogP contribution in [0.5, 0.6) is 0 Å². The zero-order chi connectivity index (χ0) is 11.0. The molecule has 2 atom stereocenters. The van der Waals surface area contributed by atoms with Crippen LogP contribution < -0.4 is 0 Å². The number of hydrogen-bond donors (Lipinski definition) is 1. The third kappa shape index (κ3) is 1.44. The molecule has 16 heavy (non-hydrogen) atoms. The van der Waals surface area contributed by atoms with Gasteiger partial charge in [-0.2, -0.15) is 0 Å². The molecule has 0 heterocycles. The standard InChI is InChI=1S/C15H14O/c16-15(13-9-5-2-6-10-13)11-14(15)12-7-3-1-4-8-12/h1-10,14,16H,11H2/t14-,15-/m0/s1. The average molecular weight is 210 g/mol. The van der Waals surface area contributed by atoms with Crippen molar-refractivity contribution >= 4 is 0 Å². The van der Waals surface area contributed by atoms with E-state index in [-0.39, 0.29) is 5.92 Å². The van der Waals surface area contributed by atoms with Crippen LogP contribution in [-0.4, -0.2) is 5.11 Å². The molecule has 2 aromatic rings. The Labute approximate surface area is 95.4 Å². The number of benzene rings is 2. The van der Waals surface area contributed by atoms with Crippen LogP contribution in [0.15, 0.2) is 60.7 Å². The molecule has 3 rings (SSSR count). The third-order valence-electron chi connectivity index (χ3n) is 3.41. The van der Waals surface area contributed by atoms with E-state index in [2.05, 4.69) is 12.1 Å². The summed E-state index contributed by atoms with van der Waals surface area (Å²) in [6.45, 7) is 0. The van der Waals surface area contributed by atoms with Gasteiger partial charge in [0.05, 0.1) is 5.60 Å². The quantitative estimate of drug-likeness (QED) is 0.807. The minimum atomic E-state index is -0.636. The van der Waals surface area contributed by atoms with Gasteiger partial charge in [0.1, 0.15) is 0 Å². The lowest BCUT2D eigenvalue weighted by Gasteiger charge is -2.10. The fraction of sp³-hybridized carbons (Fsp3) is 0.200. The zero-order valence-electron chi connectivity index (χ0n) is 9.01. The molecule has 0 spiro atoms. The van der Waals surface area contributed by atoms with E-state index >= 15 is 0 Å². The lowest BCUT2D eigenvalue weighted by Crippen LogP contribution is -2.07. The van der Waals surface area contributed by atoms with Gasteiger partial charge in [0.2, 0.25) is 0 Å². The van der Waals surface area contributed by atoms with Crippen LogP contribution in [0.25, 0.3) is 0 Å². The van der Waals surface area contributed by atoms with Crippen molar-refractivity contribution in [3.05, 3.63) is 71.8 Å². The van der Waals surface area contributed by atoms with Gasteiger partial charge in [-0.15, -0.1) is 0 Å². The summed E-state index contributed by atoms with van der Waals surface area (Å²) < 4.78 is 0. The van der Waals surface area contributed by atoms with Crippen LogP contribution in [0, 0.1) is 0 Å². The molecule has 1 aliphatic carbocycles. The first kappa shape index (κ1) is 9.61. The second kappa shape index (κ2) is 3.46. The number of aliphatic hydroxyl groups is 1. The fourth-order valence-electron chi connectivity index (χ4n) is 2.38. The third-order valence-corrected chi connectivity index (χ3v) is 3.41. The normalized spacial score (nSPS) is 27.7. The van der Waals surface area contributed by atoms with E-state index in [0.29, 0.717) is 0 Å². The van der Waals surface area contributed by atoms with Gasteiger partial charge in [-0.1, -0.05) is 60.7 Å². The number of hydrogen-bond acceptors (Lipinski definition) is 1. The Morgan fingerprint density at radius 1 is 0.875 bits per heavy atom. The van der Waals surface area contributed by atoms with E-state index in [4.69, 9.17) is 0 Å². The minimum absolute atomic E-state index is 0.260. The van der Waals surface area contributed by atoms with Crippen molar-refractivity contribution in [2.45, 2.75) is 17.9 Å². The average Bonchev–Trinajstić information content (AvgIpc) is 3.06. The molecule has 0 aliphatic heterocycles. The van der Waals surface area contributed by atoms with Gasteiger partial charge in [0, 0.05) is 5.92 Å². The molecule has 1 fully saturated rings. The predicted octanol–water partition coefficient (Wildman–Crippen LogP) is 3.06. The van der Waals surface area contributed by atoms with Crippen LogP contribution in [-0.2, 0) is 5.60 Å².